The summed E-state index contributed by atoms with van der Waals surface area (Å²) < 4.78 is 26.6. The smallest absolute Gasteiger partial charge is 0.255 e. The zero-order valence-corrected chi connectivity index (χ0v) is 16.1. The molecule has 7 heteroatoms. The largest absolute Gasteiger partial charge is 0.392 e. The van der Waals surface area contributed by atoms with Crippen LogP contribution in [0.1, 0.15) is 41.3 Å². The van der Waals surface area contributed by atoms with Gasteiger partial charge in [-0.15, -0.1) is 0 Å². The van der Waals surface area contributed by atoms with Crippen molar-refractivity contribution in [2.45, 2.75) is 43.6 Å². The molecule has 0 radical (unpaired) electrons. The Bertz CT molecular complexity index is 921. The van der Waals surface area contributed by atoms with E-state index in [1.807, 2.05) is 12.1 Å². The van der Waals surface area contributed by atoms with Gasteiger partial charge in [0.15, 0.2) is 0 Å². The third kappa shape index (κ3) is 4.74. The van der Waals surface area contributed by atoms with E-state index < -0.39 is 16.1 Å². The Balaban J connectivity index is 1.73. The second kappa shape index (κ2) is 8.21. The molecule has 2 aromatic carbocycles. The number of aliphatic hydroxyl groups excluding tert-OH is 1. The number of carbonyl (C=O) groups is 1. The van der Waals surface area contributed by atoms with E-state index in [0.717, 1.165) is 24.9 Å². The summed E-state index contributed by atoms with van der Waals surface area (Å²) in [6, 6.07) is 11.7. The molecule has 27 heavy (non-hydrogen) atoms. The van der Waals surface area contributed by atoms with Crippen LogP contribution in [0.3, 0.4) is 0 Å². The molecule has 1 atom stereocenters. The molecule has 3 N–H and O–H groups in total. The third-order valence-corrected chi connectivity index (χ3v) is 6.08. The van der Waals surface area contributed by atoms with Gasteiger partial charge in [-0.25, -0.2) is 13.1 Å². The van der Waals surface area contributed by atoms with Gasteiger partial charge in [0.25, 0.3) is 5.91 Å². The van der Waals surface area contributed by atoms with E-state index in [-0.39, 0.29) is 17.3 Å². The molecule has 0 fully saturated rings. The SMILES string of the molecule is CC(O)CNS(=O)(=O)c1ccc(C(=O)Nc2cccc3c2CCCC3)cc1. The van der Waals surface area contributed by atoms with Gasteiger partial charge in [0.1, 0.15) is 0 Å². The van der Waals surface area contributed by atoms with Crippen LogP contribution in [-0.2, 0) is 22.9 Å². The van der Waals surface area contributed by atoms with E-state index in [1.54, 1.807) is 0 Å². The topological polar surface area (TPSA) is 95.5 Å². The second-order valence-corrected chi connectivity index (χ2v) is 8.60. The Labute approximate surface area is 159 Å². The maximum Gasteiger partial charge on any atom is 0.255 e. The number of anilines is 1. The van der Waals surface area contributed by atoms with Crippen molar-refractivity contribution >= 4 is 21.6 Å². The van der Waals surface area contributed by atoms with Crippen molar-refractivity contribution in [3.05, 3.63) is 59.2 Å². The van der Waals surface area contributed by atoms with E-state index in [9.17, 15) is 18.3 Å². The normalized spacial score (nSPS) is 15.0. The summed E-state index contributed by atoms with van der Waals surface area (Å²) in [4.78, 5) is 12.6. The minimum atomic E-state index is -3.71. The van der Waals surface area contributed by atoms with Crippen molar-refractivity contribution < 1.29 is 18.3 Å². The lowest BCUT2D eigenvalue weighted by molar-refractivity contribution is 0.102. The quantitative estimate of drug-likeness (QED) is 0.708. The predicted molar refractivity (Wildman–Crippen MR) is 104 cm³/mol. The molecule has 0 spiro atoms. The van der Waals surface area contributed by atoms with Crippen molar-refractivity contribution in [3.8, 4) is 0 Å². The van der Waals surface area contributed by atoms with E-state index in [2.05, 4.69) is 16.1 Å². The first-order valence-corrected chi connectivity index (χ1v) is 10.5. The Morgan fingerprint density at radius 3 is 2.52 bits per heavy atom. The van der Waals surface area contributed by atoms with Gasteiger partial charge in [-0.05, 0) is 74.1 Å². The van der Waals surface area contributed by atoms with E-state index in [4.69, 9.17) is 0 Å². The zero-order chi connectivity index (χ0) is 19.4. The fraction of sp³-hybridized carbons (Fsp3) is 0.350. The molecule has 1 aliphatic carbocycles. The standard InChI is InChI=1S/C20H24N2O4S/c1-14(23)13-21-27(25,26)17-11-9-16(10-12-17)20(24)22-19-8-4-6-15-5-2-3-7-18(15)19/h4,6,8-12,14,21,23H,2-3,5,7,13H2,1H3,(H,22,24). The molecule has 3 rings (SSSR count). The highest BCUT2D eigenvalue weighted by atomic mass is 32.2. The molecule has 0 saturated carbocycles. The first-order valence-electron chi connectivity index (χ1n) is 9.07. The predicted octanol–water partition coefficient (Wildman–Crippen LogP) is 2.48. The number of nitrogens with one attached hydrogen (secondary N) is 2. The Kier molecular flexibility index (Phi) is 5.94. The van der Waals surface area contributed by atoms with Crippen LogP contribution in [0.2, 0.25) is 0 Å². The fourth-order valence-electron chi connectivity index (χ4n) is 3.19. The van der Waals surface area contributed by atoms with E-state index in [1.165, 1.54) is 48.7 Å². The molecule has 6 nitrogen and oxygen atoms in total. The number of fused-ring (bicyclic) bond motifs is 1. The number of amides is 1. The van der Waals surface area contributed by atoms with Gasteiger partial charge in [-0.1, -0.05) is 12.1 Å². The average Bonchev–Trinajstić information content (AvgIpc) is 2.67. The highest BCUT2D eigenvalue weighted by Gasteiger charge is 2.17. The average molecular weight is 388 g/mol. The monoisotopic (exact) mass is 388 g/mol. The highest BCUT2D eigenvalue weighted by Crippen LogP contribution is 2.28. The minimum Gasteiger partial charge on any atom is -0.392 e. The molecular formula is C20H24N2O4S. The van der Waals surface area contributed by atoms with Gasteiger partial charge < -0.3 is 10.4 Å². The molecule has 2 aromatic rings. The summed E-state index contributed by atoms with van der Waals surface area (Å²) in [5.41, 5.74) is 3.69. The van der Waals surface area contributed by atoms with Crippen molar-refractivity contribution in [1.29, 1.82) is 0 Å². The highest BCUT2D eigenvalue weighted by molar-refractivity contribution is 7.89. The van der Waals surface area contributed by atoms with Gasteiger partial charge in [-0.2, -0.15) is 0 Å². The van der Waals surface area contributed by atoms with Crippen LogP contribution >= 0.6 is 0 Å². The lowest BCUT2D eigenvalue weighted by Crippen LogP contribution is -2.30. The third-order valence-electron chi connectivity index (χ3n) is 4.64. The maximum atomic E-state index is 12.6. The summed E-state index contributed by atoms with van der Waals surface area (Å²) in [6.07, 6.45) is 3.50. The number of benzene rings is 2. The van der Waals surface area contributed by atoms with Gasteiger partial charge in [0, 0.05) is 17.8 Å². The van der Waals surface area contributed by atoms with Crippen LogP contribution in [0.5, 0.6) is 0 Å². The molecule has 1 aliphatic rings. The molecule has 144 valence electrons. The molecule has 0 bridgehead atoms. The molecule has 0 saturated heterocycles. The first kappa shape index (κ1) is 19.5. The zero-order valence-electron chi connectivity index (χ0n) is 15.2. The van der Waals surface area contributed by atoms with Crippen LogP contribution in [0.15, 0.2) is 47.4 Å². The summed E-state index contributed by atoms with van der Waals surface area (Å²) >= 11 is 0. The van der Waals surface area contributed by atoms with Crippen LogP contribution in [-0.4, -0.2) is 32.1 Å². The van der Waals surface area contributed by atoms with Gasteiger partial charge in [0.05, 0.1) is 11.0 Å². The number of hydrogen-bond donors (Lipinski definition) is 3. The number of carbonyl (C=O) groups excluding carboxylic acids is 1. The molecule has 1 amide bonds. The van der Waals surface area contributed by atoms with E-state index in [0.29, 0.717) is 5.56 Å². The summed E-state index contributed by atoms with van der Waals surface area (Å²) in [5, 5.41) is 12.2. The summed E-state index contributed by atoms with van der Waals surface area (Å²) in [7, 11) is -3.71. The number of rotatable bonds is 6. The molecule has 1 unspecified atom stereocenters. The molecule has 0 heterocycles. The summed E-state index contributed by atoms with van der Waals surface area (Å²) in [6.45, 7) is 1.43. The van der Waals surface area contributed by atoms with Gasteiger partial charge in [0.2, 0.25) is 10.0 Å². The molecular weight excluding hydrogens is 364 g/mol. The van der Waals surface area contributed by atoms with E-state index >= 15 is 0 Å². The maximum absolute atomic E-state index is 12.6. The Morgan fingerprint density at radius 2 is 1.81 bits per heavy atom. The van der Waals surface area contributed by atoms with Crippen LogP contribution in [0.4, 0.5) is 5.69 Å². The first-order chi connectivity index (χ1) is 12.9. The van der Waals surface area contributed by atoms with Crippen molar-refractivity contribution in [3.63, 3.8) is 0 Å². The van der Waals surface area contributed by atoms with Crippen molar-refractivity contribution in [2.75, 3.05) is 11.9 Å². The lowest BCUT2D eigenvalue weighted by atomic mass is 9.90. The fourth-order valence-corrected chi connectivity index (χ4v) is 4.31. The summed E-state index contributed by atoms with van der Waals surface area (Å²) in [5.74, 6) is -0.269. The molecule has 0 aromatic heterocycles. The number of aliphatic hydroxyl groups is 1. The Morgan fingerprint density at radius 1 is 1.11 bits per heavy atom. The Hall–Kier alpha value is -2.22. The van der Waals surface area contributed by atoms with Gasteiger partial charge >= 0.3 is 0 Å². The van der Waals surface area contributed by atoms with Crippen LogP contribution in [0.25, 0.3) is 0 Å². The van der Waals surface area contributed by atoms with Gasteiger partial charge in [-0.3, -0.25) is 4.79 Å². The van der Waals surface area contributed by atoms with Crippen molar-refractivity contribution in [1.82, 2.24) is 4.72 Å². The number of hydrogen-bond acceptors (Lipinski definition) is 4. The van der Waals surface area contributed by atoms with Crippen LogP contribution in [0, 0.1) is 0 Å². The number of sulfonamides is 1. The minimum absolute atomic E-state index is 0.0526. The number of aryl methyl sites for hydroxylation is 1. The second-order valence-electron chi connectivity index (χ2n) is 6.83. The lowest BCUT2D eigenvalue weighted by Gasteiger charge is -2.19. The van der Waals surface area contributed by atoms with Crippen LogP contribution < -0.4 is 10.0 Å². The van der Waals surface area contributed by atoms with Crippen molar-refractivity contribution in [2.24, 2.45) is 0 Å². The molecule has 0 aliphatic heterocycles.